The highest BCUT2D eigenvalue weighted by molar-refractivity contribution is 7.99. The maximum absolute atomic E-state index is 5.41. The van der Waals surface area contributed by atoms with Crippen molar-refractivity contribution in [2.24, 2.45) is 0 Å². The Morgan fingerprint density at radius 1 is 0.929 bits per heavy atom. The van der Waals surface area contributed by atoms with Gasteiger partial charge in [0.25, 0.3) is 0 Å². The van der Waals surface area contributed by atoms with Gasteiger partial charge in [-0.1, -0.05) is 13.8 Å². The molecule has 2 nitrogen and oxygen atoms in total. The molecule has 0 N–H and O–H groups in total. The molecule has 0 aromatic rings. The van der Waals surface area contributed by atoms with Crippen LogP contribution < -0.4 is 0 Å². The molecule has 0 radical (unpaired) electrons. The Bertz CT molecular complexity index is 110. The van der Waals surface area contributed by atoms with Crippen LogP contribution in [0.2, 0.25) is 0 Å². The molecule has 0 aromatic carbocycles. The molecular formula is C10H22O2S2. The van der Waals surface area contributed by atoms with Crippen LogP contribution in [-0.4, -0.2) is 49.4 Å². The number of ether oxygens (including phenoxy) is 2. The summed E-state index contributed by atoms with van der Waals surface area (Å²) in [4.78, 5) is 0. The molecule has 0 heterocycles. The van der Waals surface area contributed by atoms with Gasteiger partial charge in [-0.3, -0.25) is 0 Å². The van der Waals surface area contributed by atoms with E-state index in [1.165, 1.54) is 0 Å². The first-order valence-corrected chi connectivity index (χ1v) is 7.47. The van der Waals surface area contributed by atoms with Crippen LogP contribution in [0, 0.1) is 0 Å². The molecule has 0 aliphatic heterocycles. The fraction of sp³-hybridized carbons (Fsp3) is 1.00. The van der Waals surface area contributed by atoms with E-state index in [-0.39, 0.29) is 0 Å². The molecule has 0 atom stereocenters. The summed E-state index contributed by atoms with van der Waals surface area (Å²) in [5.74, 6) is 2.16. The molecule has 4 heteroatoms. The maximum Gasteiger partial charge on any atom is 0.0700 e. The Labute approximate surface area is 96.5 Å². The molecule has 0 saturated carbocycles. The van der Waals surface area contributed by atoms with Crippen LogP contribution in [-0.2, 0) is 9.47 Å². The first-order valence-electron chi connectivity index (χ1n) is 5.03. The SMILES string of the molecule is CSCCOCCOCCSC(C)C. The molecule has 0 aromatic heterocycles. The molecule has 0 unspecified atom stereocenters. The van der Waals surface area contributed by atoms with E-state index in [1.807, 2.05) is 23.5 Å². The van der Waals surface area contributed by atoms with E-state index in [1.54, 1.807) is 0 Å². The van der Waals surface area contributed by atoms with Gasteiger partial charge in [-0.25, -0.2) is 0 Å². The molecule has 0 rings (SSSR count). The third-order valence-corrected chi connectivity index (χ3v) is 3.13. The minimum absolute atomic E-state index is 0.705. The molecule has 0 fully saturated rings. The highest BCUT2D eigenvalue weighted by Gasteiger charge is 1.94. The summed E-state index contributed by atoms with van der Waals surface area (Å²) in [6, 6.07) is 0. The third kappa shape index (κ3) is 12.6. The summed E-state index contributed by atoms with van der Waals surface area (Å²) in [6.45, 7) is 7.55. The molecular weight excluding hydrogens is 216 g/mol. The van der Waals surface area contributed by atoms with Gasteiger partial charge in [0, 0.05) is 11.5 Å². The zero-order valence-corrected chi connectivity index (χ0v) is 11.1. The Hall–Kier alpha value is 0.620. The Morgan fingerprint density at radius 3 is 2.00 bits per heavy atom. The molecule has 0 aliphatic rings. The van der Waals surface area contributed by atoms with Crippen LogP contribution >= 0.6 is 23.5 Å². The van der Waals surface area contributed by atoms with Crippen molar-refractivity contribution in [1.82, 2.24) is 0 Å². The van der Waals surface area contributed by atoms with Crippen LogP contribution in [0.4, 0.5) is 0 Å². The lowest BCUT2D eigenvalue weighted by atomic mass is 10.6. The quantitative estimate of drug-likeness (QED) is 0.544. The monoisotopic (exact) mass is 238 g/mol. The first kappa shape index (κ1) is 14.6. The lowest BCUT2D eigenvalue weighted by Gasteiger charge is -2.06. The molecule has 0 bridgehead atoms. The van der Waals surface area contributed by atoms with Gasteiger partial charge in [0.15, 0.2) is 0 Å². The van der Waals surface area contributed by atoms with Gasteiger partial charge in [0.1, 0.15) is 0 Å². The van der Waals surface area contributed by atoms with Crippen LogP contribution in [0.15, 0.2) is 0 Å². The zero-order valence-electron chi connectivity index (χ0n) is 9.45. The number of thioether (sulfide) groups is 2. The summed E-state index contributed by atoms with van der Waals surface area (Å²) < 4.78 is 10.8. The van der Waals surface area contributed by atoms with Crippen LogP contribution in [0.5, 0.6) is 0 Å². The maximum atomic E-state index is 5.41. The number of rotatable bonds is 10. The van der Waals surface area contributed by atoms with Crippen molar-refractivity contribution in [2.45, 2.75) is 19.1 Å². The first-order chi connectivity index (χ1) is 6.77. The van der Waals surface area contributed by atoms with Crippen molar-refractivity contribution in [1.29, 1.82) is 0 Å². The summed E-state index contributed by atoms with van der Waals surface area (Å²) in [5.41, 5.74) is 0. The van der Waals surface area contributed by atoms with Crippen molar-refractivity contribution in [2.75, 3.05) is 44.2 Å². The Morgan fingerprint density at radius 2 is 1.50 bits per heavy atom. The summed E-state index contributed by atoms with van der Waals surface area (Å²) in [5, 5.41) is 0.705. The average molecular weight is 238 g/mol. The normalized spacial score (nSPS) is 11.1. The van der Waals surface area contributed by atoms with E-state index in [4.69, 9.17) is 9.47 Å². The fourth-order valence-electron chi connectivity index (χ4n) is 0.807. The van der Waals surface area contributed by atoms with Gasteiger partial charge >= 0.3 is 0 Å². The van der Waals surface area contributed by atoms with Gasteiger partial charge in [0.2, 0.25) is 0 Å². The summed E-state index contributed by atoms with van der Waals surface area (Å²) in [7, 11) is 0. The van der Waals surface area contributed by atoms with Crippen molar-refractivity contribution >= 4 is 23.5 Å². The smallest absolute Gasteiger partial charge is 0.0700 e. The van der Waals surface area contributed by atoms with E-state index >= 15 is 0 Å². The number of hydrogen-bond donors (Lipinski definition) is 0. The minimum atomic E-state index is 0.705. The predicted octanol–water partition coefficient (Wildman–Crippen LogP) is 2.52. The molecule has 0 aliphatic carbocycles. The molecule has 14 heavy (non-hydrogen) atoms. The van der Waals surface area contributed by atoms with Gasteiger partial charge in [-0.2, -0.15) is 23.5 Å². The van der Waals surface area contributed by atoms with Crippen LogP contribution in [0.25, 0.3) is 0 Å². The second kappa shape index (κ2) is 11.7. The summed E-state index contributed by atoms with van der Waals surface area (Å²) >= 11 is 3.74. The van der Waals surface area contributed by atoms with E-state index in [9.17, 15) is 0 Å². The lowest BCUT2D eigenvalue weighted by molar-refractivity contribution is 0.0605. The molecule has 0 amide bonds. The van der Waals surface area contributed by atoms with E-state index in [2.05, 4.69) is 20.1 Å². The van der Waals surface area contributed by atoms with E-state index < -0.39 is 0 Å². The third-order valence-electron chi connectivity index (χ3n) is 1.48. The summed E-state index contributed by atoms with van der Waals surface area (Å²) in [6.07, 6.45) is 2.09. The van der Waals surface area contributed by atoms with Crippen molar-refractivity contribution < 1.29 is 9.47 Å². The number of hydrogen-bond acceptors (Lipinski definition) is 4. The second-order valence-electron chi connectivity index (χ2n) is 3.14. The van der Waals surface area contributed by atoms with Crippen molar-refractivity contribution in [3.8, 4) is 0 Å². The molecule has 0 saturated heterocycles. The Balaban J connectivity index is 2.85. The standard InChI is InChI=1S/C10H22O2S2/c1-10(2)14-9-7-12-5-4-11-6-8-13-3/h10H,4-9H2,1-3H3. The van der Waals surface area contributed by atoms with Gasteiger partial charge in [0.05, 0.1) is 26.4 Å². The highest BCUT2D eigenvalue weighted by atomic mass is 32.2. The highest BCUT2D eigenvalue weighted by Crippen LogP contribution is 2.07. The second-order valence-corrected chi connectivity index (χ2v) is 5.81. The van der Waals surface area contributed by atoms with Crippen molar-refractivity contribution in [3.63, 3.8) is 0 Å². The predicted molar refractivity (Wildman–Crippen MR) is 67.6 cm³/mol. The van der Waals surface area contributed by atoms with Crippen molar-refractivity contribution in [3.05, 3.63) is 0 Å². The largest absolute Gasteiger partial charge is 0.378 e. The average Bonchev–Trinajstić information content (AvgIpc) is 2.15. The van der Waals surface area contributed by atoms with Gasteiger partial charge in [-0.05, 0) is 11.5 Å². The molecule has 0 spiro atoms. The lowest BCUT2D eigenvalue weighted by Crippen LogP contribution is -2.08. The van der Waals surface area contributed by atoms with E-state index in [0.29, 0.717) is 5.25 Å². The fourth-order valence-corrected chi connectivity index (χ4v) is 1.78. The van der Waals surface area contributed by atoms with E-state index in [0.717, 1.165) is 37.9 Å². The molecule has 86 valence electrons. The zero-order chi connectivity index (χ0) is 10.6. The van der Waals surface area contributed by atoms with Crippen LogP contribution in [0.3, 0.4) is 0 Å². The van der Waals surface area contributed by atoms with Gasteiger partial charge < -0.3 is 9.47 Å². The van der Waals surface area contributed by atoms with Gasteiger partial charge in [-0.15, -0.1) is 0 Å². The van der Waals surface area contributed by atoms with Crippen LogP contribution in [0.1, 0.15) is 13.8 Å². The topological polar surface area (TPSA) is 18.5 Å². The Kier molecular flexibility index (Phi) is 12.2. The minimum Gasteiger partial charge on any atom is -0.378 e.